The molecular weight excluding hydrogens is 278 g/mol. The molecule has 15 heavy (non-hydrogen) atoms. The second kappa shape index (κ2) is 5.64. The largest absolute Gasteiger partial charge is 0.213 e. The van der Waals surface area contributed by atoms with Crippen molar-refractivity contribution < 1.29 is 8.42 Å². The molecule has 0 bridgehead atoms. The van der Waals surface area contributed by atoms with Crippen LogP contribution < -0.4 is 0 Å². The lowest BCUT2D eigenvalue weighted by Gasteiger charge is -2.31. The quantitative estimate of drug-likeness (QED) is 0.746. The fraction of sp³-hybridized carbons (Fsp3) is 1.00. The Balaban J connectivity index is 2.43. The van der Waals surface area contributed by atoms with Crippen LogP contribution >= 0.6 is 15.9 Å². The van der Waals surface area contributed by atoms with Crippen molar-refractivity contribution in [1.29, 1.82) is 0 Å². The Bertz CT molecular complexity index is 290. The van der Waals surface area contributed by atoms with Crippen molar-refractivity contribution in [3.05, 3.63) is 0 Å². The van der Waals surface area contributed by atoms with Gasteiger partial charge in [0, 0.05) is 17.9 Å². The van der Waals surface area contributed by atoms with Crippen molar-refractivity contribution in [3.63, 3.8) is 0 Å². The summed E-state index contributed by atoms with van der Waals surface area (Å²) in [5, 5.41) is 0. The maximum atomic E-state index is 11.4. The van der Waals surface area contributed by atoms with Gasteiger partial charge in [-0.25, -0.2) is 12.7 Å². The number of hydrogen-bond donors (Lipinski definition) is 0. The maximum Gasteiger partial charge on any atom is 0.211 e. The van der Waals surface area contributed by atoms with Gasteiger partial charge in [0.05, 0.1) is 6.26 Å². The molecule has 1 rings (SSSR count). The van der Waals surface area contributed by atoms with Crippen molar-refractivity contribution in [2.45, 2.75) is 37.4 Å². The van der Waals surface area contributed by atoms with E-state index in [-0.39, 0.29) is 0 Å². The Hall–Kier alpha value is 0.390. The first-order valence-electron chi connectivity index (χ1n) is 5.49. The first-order valence-corrected chi connectivity index (χ1v) is 8.25. The van der Waals surface area contributed by atoms with Crippen molar-refractivity contribution in [1.82, 2.24) is 4.31 Å². The lowest BCUT2D eigenvalue weighted by Crippen LogP contribution is -2.39. The summed E-state index contributed by atoms with van der Waals surface area (Å²) in [6.07, 6.45) is 5.74. The third kappa shape index (κ3) is 4.83. The SMILES string of the molecule is CC(Br)CCC1CCCN(S(C)(=O)=O)C1. The molecule has 0 spiro atoms. The zero-order valence-electron chi connectivity index (χ0n) is 9.45. The number of piperidine rings is 1. The van der Waals surface area contributed by atoms with E-state index in [1.165, 1.54) is 12.7 Å². The zero-order chi connectivity index (χ0) is 11.5. The van der Waals surface area contributed by atoms with E-state index in [1.54, 1.807) is 4.31 Å². The molecule has 0 aromatic carbocycles. The number of nitrogens with zero attached hydrogens (tertiary/aromatic N) is 1. The van der Waals surface area contributed by atoms with Crippen LogP contribution in [-0.4, -0.2) is 36.9 Å². The van der Waals surface area contributed by atoms with Crippen LogP contribution in [0.2, 0.25) is 0 Å². The van der Waals surface area contributed by atoms with Gasteiger partial charge in [-0.2, -0.15) is 0 Å². The number of halogens is 1. The van der Waals surface area contributed by atoms with E-state index >= 15 is 0 Å². The summed E-state index contributed by atoms with van der Waals surface area (Å²) >= 11 is 3.52. The highest BCUT2D eigenvalue weighted by Gasteiger charge is 2.25. The second-order valence-electron chi connectivity index (χ2n) is 4.49. The summed E-state index contributed by atoms with van der Waals surface area (Å²) in [5.74, 6) is 0.550. The van der Waals surface area contributed by atoms with Gasteiger partial charge in [-0.3, -0.25) is 0 Å². The smallest absolute Gasteiger partial charge is 0.211 e. The topological polar surface area (TPSA) is 37.4 Å². The molecule has 2 unspecified atom stereocenters. The molecule has 0 N–H and O–H groups in total. The monoisotopic (exact) mass is 297 g/mol. The first-order chi connectivity index (χ1) is 6.89. The molecule has 90 valence electrons. The Morgan fingerprint density at radius 3 is 2.73 bits per heavy atom. The molecule has 1 heterocycles. The lowest BCUT2D eigenvalue weighted by molar-refractivity contribution is 0.254. The van der Waals surface area contributed by atoms with Crippen LogP contribution in [0.15, 0.2) is 0 Å². The molecular formula is C10H20BrNO2S. The summed E-state index contributed by atoms with van der Waals surface area (Å²) < 4.78 is 24.4. The molecule has 0 amide bonds. The van der Waals surface area contributed by atoms with Crippen LogP contribution in [0.5, 0.6) is 0 Å². The van der Waals surface area contributed by atoms with Gasteiger partial charge in [0.2, 0.25) is 10.0 Å². The van der Waals surface area contributed by atoms with Gasteiger partial charge in [-0.1, -0.05) is 22.9 Å². The van der Waals surface area contributed by atoms with Gasteiger partial charge in [0.25, 0.3) is 0 Å². The van der Waals surface area contributed by atoms with Crippen molar-refractivity contribution in [3.8, 4) is 0 Å². The van der Waals surface area contributed by atoms with Gasteiger partial charge < -0.3 is 0 Å². The summed E-state index contributed by atoms with van der Waals surface area (Å²) in [5.41, 5.74) is 0. The van der Waals surface area contributed by atoms with E-state index in [4.69, 9.17) is 0 Å². The Morgan fingerprint density at radius 1 is 1.53 bits per heavy atom. The molecule has 0 aliphatic carbocycles. The van der Waals surface area contributed by atoms with E-state index in [1.807, 2.05) is 0 Å². The summed E-state index contributed by atoms with van der Waals surface area (Å²) in [6, 6.07) is 0. The first kappa shape index (κ1) is 13.5. The molecule has 0 aromatic heterocycles. The summed E-state index contributed by atoms with van der Waals surface area (Å²) in [7, 11) is -2.98. The van der Waals surface area contributed by atoms with Crippen LogP contribution in [0.4, 0.5) is 0 Å². The summed E-state index contributed by atoms with van der Waals surface area (Å²) in [6.45, 7) is 3.56. The molecule has 0 aromatic rings. The molecule has 2 atom stereocenters. The molecule has 1 aliphatic heterocycles. The number of hydrogen-bond acceptors (Lipinski definition) is 2. The fourth-order valence-corrected chi connectivity index (χ4v) is 3.24. The molecule has 3 nitrogen and oxygen atoms in total. The van der Waals surface area contributed by atoms with E-state index in [0.717, 1.165) is 25.8 Å². The van der Waals surface area contributed by atoms with Crippen molar-refractivity contribution in [2.75, 3.05) is 19.3 Å². The van der Waals surface area contributed by atoms with Gasteiger partial charge in [-0.05, 0) is 31.6 Å². The van der Waals surface area contributed by atoms with Crippen LogP contribution in [0.1, 0.15) is 32.6 Å². The third-order valence-corrected chi connectivity index (χ3v) is 4.65. The summed E-state index contributed by atoms with van der Waals surface area (Å²) in [4.78, 5) is 0.533. The third-order valence-electron chi connectivity index (χ3n) is 2.92. The Kier molecular flexibility index (Phi) is 5.06. The minimum atomic E-state index is -2.98. The van der Waals surface area contributed by atoms with E-state index < -0.39 is 10.0 Å². The van der Waals surface area contributed by atoms with Crippen LogP contribution in [0.3, 0.4) is 0 Å². The highest BCUT2D eigenvalue weighted by molar-refractivity contribution is 9.09. The second-order valence-corrected chi connectivity index (χ2v) is 8.03. The lowest BCUT2D eigenvalue weighted by atomic mass is 9.94. The van der Waals surface area contributed by atoms with Crippen molar-refractivity contribution in [2.24, 2.45) is 5.92 Å². The average Bonchev–Trinajstić information content (AvgIpc) is 2.14. The fourth-order valence-electron chi connectivity index (χ4n) is 2.03. The predicted octanol–water partition coefficient (Wildman–Crippen LogP) is 2.22. The molecule has 1 fully saturated rings. The van der Waals surface area contributed by atoms with Crippen LogP contribution in [0, 0.1) is 5.92 Å². The molecule has 0 saturated carbocycles. The number of alkyl halides is 1. The van der Waals surface area contributed by atoms with E-state index in [0.29, 0.717) is 17.3 Å². The normalized spacial score (nSPS) is 26.5. The maximum absolute atomic E-state index is 11.4. The van der Waals surface area contributed by atoms with Crippen molar-refractivity contribution >= 4 is 26.0 Å². The highest BCUT2D eigenvalue weighted by Crippen LogP contribution is 2.24. The average molecular weight is 298 g/mol. The van der Waals surface area contributed by atoms with Crippen LogP contribution in [0.25, 0.3) is 0 Å². The van der Waals surface area contributed by atoms with E-state index in [9.17, 15) is 8.42 Å². The van der Waals surface area contributed by atoms with E-state index in [2.05, 4.69) is 22.9 Å². The molecule has 5 heteroatoms. The van der Waals surface area contributed by atoms with Gasteiger partial charge >= 0.3 is 0 Å². The molecule has 1 saturated heterocycles. The standard InChI is InChI=1S/C10H20BrNO2S/c1-9(11)5-6-10-4-3-7-12(8-10)15(2,13)14/h9-10H,3-8H2,1-2H3. The zero-order valence-corrected chi connectivity index (χ0v) is 11.8. The minimum Gasteiger partial charge on any atom is -0.213 e. The predicted molar refractivity (Wildman–Crippen MR) is 66.8 cm³/mol. The highest BCUT2D eigenvalue weighted by atomic mass is 79.9. The number of sulfonamides is 1. The van der Waals surface area contributed by atoms with Gasteiger partial charge in [0.1, 0.15) is 0 Å². The Labute approximate surface area is 101 Å². The van der Waals surface area contributed by atoms with Gasteiger partial charge in [0.15, 0.2) is 0 Å². The Morgan fingerprint density at radius 2 is 2.20 bits per heavy atom. The van der Waals surface area contributed by atoms with Gasteiger partial charge in [-0.15, -0.1) is 0 Å². The number of rotatable bonds is 4. The molecule has 1 aliphatic rings. The molecule has 0 radical (unpaired) electrons. The van der Waals surface area contributed by atoms with Crippen LogP contribution in [-0.2, 0) is 10.0 Å². The minimum absolute atomic E-state index is 0.533.